The number of halogens is 1. The van der Waals surface area contributed by atoms with Gasteiger partial charge in [-0.05, 0) is 37.8 Å². The third kappa shape index (κ3) is 1.41. The van der Waals surface area contributed by atoms with E-state index in [0.29, 0.717) is 22.9 Å². The highest BCUT2D eigenvalue weighted by Gasteiger charge is 2.43. The largest absolute Gasteiger partial charge is 0.439 e. The van der Waals surface area contributed by atoms with Crippen LogP contribution in [0.3, 0.4) is 0 Å². The fourth-order valence-corrected chi connectivity index (χ4v) is 1.99. The molecule has 1 aromatic carbocycles. The predicted octanol–water partition coefficient (Wildman–Crippen LogP) is 2.55. The third-order valence-electron chi connectivity index (χ3n) is 3.24. The van der Waals surface area contributed by atoms with E-state index in [1.807, 2.05) is 6.92 Å². The molecule has 1 heterocycles. The SMILES string of the molecule is CC(N)(c1nc2cc(F)ccc2o1)C1CC1. The van der Waals surface area contributed by atoms with Crippen LogP contribution in [0.5, 0.6) is 0 Å². The van der Waals surface area contributed by atoms with Crippen molar-refractivity contribution in [3.05, 3.63) is 29.9 Å². The van der Waals surface area contributed by atoms with Gasteiger partial charge in [0.1, 0.15) is 11.3 Å². The van der Waals surface area contributed by atoms with Crippen LogP contribution in [-0.2, 0) is 5.54 Å². The molecule has 16 heavy (non-hydrogen) atoms. The molecule has 4 heteroatoms. The maximum absolute atomic E-state index is 13.0. The highest BCUT2D eigenvalue weighted by atomic mass is 19.1. The van der Waals surface area contributed by atoms with Crippen LogP contribution < -0.4 is 5.73 Å². The lowest BCUT2D eigenvalue weighted by atomic mass is 9.97. The molecule has 2 aromatic rings. The Morgan fingerprint density at radius 3 is 2.94 bits per heavy atom. The Hall–Kier alpha value is -1.42. The summed E-state index contributed by atoms with van der Waals surface area (Å²) in [6, 6.07) is 4.32. The zero-order valence-corrected chi connectivity index (χ0v) is 9.03. The second kappa shape index (κ2) is 3.04. The van der Waals surface area contributed by atoms with Gasteiger partial charge in [0.25, 0.3) is 0 Å². The zero-order valence-electron chi connectivity index (χ0n) is 9.03. The van der Waals surface area contributed by atoms with Crippen LogP contribution >= 0.6 is 0 Å². The summed E-state index contributed by atoms with van der Waals surface area (Å²) in [5, 5.41) is 0. The molecule has 1 aliphatic rings. The van der Waals surface area contributed by atoms with E-state index in [-0.39, 0.29) is 5.82 Å². The van der Waals surface area contributed by atoms with E-state index in [4.69, 9.17) is 10.2 Å². The standard InChI is InChI=1S/C12H13FN2O/c1-12(14,7-2-3-7)11-15-9-6-8(13)4-5-10(9)16-11/h4-7H,2-3,14H2,1H3. The van der Waals surface area contributed by atoms with E-state index in [2.05, 4.69) is 4.98 Å². The quantitative estimate of drug-likeness (QED) is 0.846. The average molecular weight is 220 g/mol. The number of hydrogen-bond acceptors (Lipinski definition) is 3. The van der Waals surface area contributed by atoms with Crippen LogP contribution in [0.4, 0.5) is 4.39 Å². The first-order chi connectivity index (χ1) is 7.57. The van der Waals surface area contributed by atoms with Gasteiger partial charge in [0.2, 0.25) is 5.89 Å². The minimum absolute atomic E-state index is 0.308. The fourth-order valence-electron chi connectivity index (χ4n) is 1.99. The minimum atomic E-state index is -0.532. The van der Waals surface area contributed by atoms with E-state index in [9.17, 15) is 4.39 Å². The molecule has 2 N–H and O–H groups in total. The third-order valence-corrected chi connectivity index (χ3v) is 3.24. The number of aromatic nitrogens is 1. The monoisotopic (exact) mass is 220 g/mol. The van der Waals surface area contributed by atoms with Crippen molar-refractivity contribution in [1.29, 1.82) is 0 Å². The van der Waals surface area contributed by atoms with Gasteiger partial charge in [-0.15, -0.1) is 0 Å². The summed E-state index contributed by atoms with van der Waals surface area (Å²) >= 11 is 0. The Morgan fingerprint density at radius 2 is 2.25 bits per heavy atom. The molecule has 84 valence electrons. The van der Waals surface area contributed by atoms with E-state index >= 15 is 0 Å². The van der Waals surface area contributed by atoms with Crippen molar-refractivity contribution in [2.75, 3.05) is 0 Å². The molecule has 1 saturated carbocycles. The molecular formula is C12H13FN2O. The molecule has 1 unspecified atom stereocenters. The van der Waals surface area contributed by atoms with Gasteiger partial charge in [0.05, 0.1) is 5.54 Å². The fraction of sp³-hybridized carbons (Fsp3) is 0.417. The molecule has 1 atom stereocenters. The number of hydrogen-bond donors (Lipinski definition) is 1. The summed E-state index contributed by atoms with van der Waals surface area (Å²) in [7, 11) is 0. The van der Waals surface area contributed by atoms with Crippen LogP contribution in [0.2, 0.25) is 0 Å². The van der Waals surface area contributed by atoms with Crippen molar-refractivity contribution >= 4 is 11.1 Å². The number of nitrogens with two attached hydrogens (primary N) is 1. The molecule has 0 saturated heterocycles. The lowest BCUT2D eigenvalue weighted by molar-refractivity contribution is 0.327. The number of oxazole rings is 1. The van der Waals surface area contributed by atoms with Gasteiger partial charge in [-0.2, -0.15) is 0 Å². The maximum atomic E-state index is 13.0. The number of nitrogens with zero attached hydrogens (tertiary/aromatic N) is 1. The van der Waals surface area contributed by atoms with Crippen molar-refractivity contribution in [2.24, 2.45) is 11.7 Å². The number of benzene rings is 1. The second-order valence-corrected chi connectivity index (χ2v) is 4.69. The molecule has 0 spiro atoms. The Kier molecular flexibility index (Phi) is 1.86. The molecule has 0 aliphatic heterocycles. The van der Waals surface area contributed by atoms with Gasteiger partial charge in [-0.3, -0.25) is 0 Å². The Balaban J connectivity index is 2.11. The van der Waals surface area contributed by atoms with Crippen LogP contribution in [0.25, 0.3) is 11.1 Å². The average Bonchev–Trinajstić information content (AvgIpc) is 2.99. The maximum Gasteiger partial charge on any atom is 0.215 e. The van der Waals surface area contributed by atoms with Crippen molar-refractivity contribution in [3.63, 3.8) is 0 Å². The van der Waals surface area contributed by atoms with Crippen LogP contribution in [0.15, 0.2) is 22.6 Å². The Bertz CT molecular complexity index is 543. The molecule has 1 aromatic heterocycles. The molecule has 3 rings (SSSR count). The normalized spacial score (nSPS) is 19.9. The predicted molar refractivity (Wildman–Crippen MR) is 58.2 cm³/mol. The molecular weight excluding hydrogens is 207 g/mol. The zero-order chi connectivity index (χ0) is 11.3. The van der Waals surface area contributed by atoms with Crippen LogP contribution in [-0.4, -0.2) is 4.98 Å². The highest BCUT2D eigenvalue weighted by Crippen LogP contribution is 2.43. The van der Waals surface area contributed by atoms with Gasteiger partial charge >= 0.3 is 0 Å². The van der Waals surface area contributed by atoms with E-state index in [1.54, 1.807) is 6.07 Å². The first-order valence-corrected chi connectivity index (χ1v) is 5.43. The molecule has 0 radical (unpaired) electrons. The minimum Gasteiger partial charge on any atom is -0.439 e. The van der Waals surface area contributed by atoms with E-state index < -0.39 is 5.54 Å². The molecule has 0 bridgehead atoms. The van der Waals surface area contributed by atoms with Crippen LogP contribution in [0, 0.1) is 11.7 Å². The van der Waals surface area contributed by atoms with E-state index in [1.165, 1.54) is 12.1 Å². The molecule has 1 fully saturated rings. The first-order valence-electron chi connectivity index (χ1n) is 5.43. The smallest absolute Gasteiger partial charge is 0.215 e. The van der Waals surface area contributed by atoms with Gasteiger partial charge in [-0.1, -0.05) is 0 Å². The van der Waals surface area contributed by atoms with Crippen molar-refractivity contribution in [3.8, 4) is 0 Å². The summed E-state index contributed by atoms with van der Waals surface area (Å²) in [6.45, 7) is 1.92. The molecule has 1 aliphatic carbocycles. The summed E-state index contributed by atoms with van der Waals surface area (Å²) < 4.78 is 18.6. The first kappa shape index (κ1) is 9.78. The second-order valence-electron chi connectivity index (χ2n) is 4.69. The Morgan fingerprint density at radius 1 is 1.50 bits per heavy atom. The van der Waals surface area contributed by atoms with Crippen molar-refractivity contribution < 1.29 is 8.81 Å². The van der Waals surface area contributed by atoms with E-state index in [0.717, 1.165) is 12.8 Å². The topological polar surface area (TPSA) is 52.0 Å². The molecule has 0 amide bonds. The van der Waals surface area contributed by atoms with Gasteiger partial charge in [0, 0.05) is 6.07 Å². The van der Waals surface area contributed by atoms with Crippen LogP contribution in [0.1, 0.15) is 25.7 Å². The van der Waals surface area contributed by atoms with Crippen molar-refractivity contribution in [2.45, 2.75) is 25.3 Å². The summed E-state index contributed by atoms with van der Waals surface area (Å²) in [6.07, 6.45) is 2.22. The lowest BCUT2D eigenvalue weighted by Gasteiger charge is -2.19. The van der Waals surface area contributed by atoms with Gasteiger partial charge < -0.3 is 10.2 Å². The lowest BCUT2D eigenvalue weighted by Crippen LogP contribution is -2.35. The Labute approximate surface area is 92.5 Å². The van der Waals surface area contributed by atoms with Gasteiger partial charge in [0.15, 0.2) is 5.58 Å². The molecule has 3 nitrogen and oxygen atoms in total. The summed E-state index contributed by atoms with van der Waals surface area (Å²) in [5.74, 6) is 0.638. The highest BCUT2D eigenvalue weighted by molar-refractivity contribution is 5.72. The number of fused-ring (bicyclic) bond motifs is 1. The van der Waals surface area contributed by atoms with Crippen molar-refractivity contribution in [1.82, 2.24) is 4.98 Å². The summed E-state index contributed by atoms with van der Waals surface area (Å²) in [5.41, 5.74) is 6.79. The van der Waals surface area contributed by atoms with Gasteiger partial charge in [-0.25, -0.2) is 9.37 Å². The summed E-state index contributed by atoms with van der Waals surface area (Å²) in [4.78, 5) is 4.27. The number of rotatable bonds is 2.